The smallest absolute Gasteiger partial charge is 0.247 e. The molecule has 0 atom stereocenters. The average molecular weight is 620 g/mol. The number of hydrogen-bond acceptors (Lipinski definition) is 2. The number of fused-ring (bicyclic) bond motifs is 2. The number of alkyl halides is 3. The number of hydrogen-bond donors (Lipinski definition) is 0. The van der Waals surface area contributed by atoms with Crippen molar-refractivity contribution in [1.29, 1.82) is 0 Å². The van der Waals surface area contributed by atoms with E-state index >= 15 is 0 Å². The normalized spacial score (nSPS) is 11.6. The van der Waals surface area contributed by atoms with Gasteiger partial charge in [-0.3, -0.25) is 0 Å². The van der Waals surface area contributed by atoms with Crippen LogP contribution >= 0.6 is 34.8 Å². The molecule has 5 aromatic rings. The van der Waals surface area contributed by atoms with Crippen molar-refractivity contribution < 1.29 is 30.7 Å². The Labute approximate surface area is 238 Å². The Morgan fingerprint density at radius 1 is 0.650 bits per heavy atom. The van der Waals surface area contributed by atoms with Gasteiger partial charge in [0.15, 0.2) is 0 Å². The van der Waals surface area contributed by atoms with E-state index < -0.39 is 35.0 Å². The van der Waals surface area contributed by atoms with E-state index in [0.29, 0.717) is 28.3 Å². The molecule has 0 saturated carbocycles. The highest BCUT2D eigenvalue weighted by atomic mass is 35.5. The minimum atomic E-state index is -4.46. The predicted molar refractivity (Wildman–Crippen MR) is 143 cm³/mol. The fraction of sp³-hybridized carbons (Fsp3) is 0.143. The molecular formula is C28H16Cl3F7N2. The lowest BCUT2D eigenvalue weighted by molar-refractivity contribution is -0.137. The summed E-state index contributed by atoms with van der Waals surface area (Å²) in [5, 5.41) is 0.450. The van der Waals surface area contributed by atoms with Crippen molar-refractivity contribution in [2.75, 3.05) is 0 Å². The third-order valence-electron chi connectivity index (χ3n) is 6.09. The predicted octanol–water partition coefficient (Wildman–Crippen LogP) is 10.6. The zero-order valence-corrected chi connectivity index (χ0v) is 23.0. The monoisotopic (exact) mass is 618 g/mol. The van der Waals surface area contributed by atoms with Crippen molar-refractivity contribution in [3.8, 4) is 11.3 Å². The molecule has 3 aromatic carbocycles. The van der Waals surface area contributed by atoms with Gasteiger partial charge in [-0.2, -0.15) is 13.2 Å². The fourth-order valence-corrected chi connectivity index (χ4v) is 4.85. The summed E-state index contributed by atoms with van der Waals surface area (Å²) < 4.78 is 92.2. The van der Waals surface area contributed by atoms with Crippen LogP contribution in [0, 0.1) is 44.0 Å². The van der Waals surface area contributed by atoms with E-state index in [0.717, 1.165) is 30.3 Å². The lowest BCUT2D eigenvalue weighted by Crippen LogP contribution is -2.05. The molecule has 208 valence electrons. The highest BCUT2D eigenvalue weighted by Crippen LogP contribution is 2.38. The van der Waals surface area contributed by atoms with E-state index in [1.165, 1.54) is 13.0 Å². The summed E-state index contributed by atoms with van der Waals surface area (Å²) in [5.41, 5.74) is 1.26. The molecule has 0 bridgehead atoms. The summed E-state index contributed by atoms with van der Waals surface area (Å²) in [6, 6.07) is 6.82. The van der Waals surface area contributed by atoms with E-state index in [-0.39, 0.29) is 42.7 Å². The van der Waals surface area contributed by atoms with Crippen LogP contribution in [-0.4, -0.2) is 9.97 Å². The van der Waals surface area contributed by atoms with Crippen molar-refractivity contribution in [3.05, 3.63) is 103 Å². The van der Waals surface area contributed by atoms with Crippen molar-refractivity contribution >= 4 is 56.6 Å². The van der Waals surface area contributed by atoms with Crippen molar-refractivity contribution in [2.24, 2.45) is 0 Å². The molecule has 40 heavy (non-hydrogen) atoms. The number of nitrogens with zero attached hydrogens (tertiary/aromatic N) is 2. The topological polar surface area (TPSA) is 25.8 Å². The first-order chi connectivity index (χ1) is 18.6. The number of benzene rings is 3. The maximum atomic E-state index is 14.0. The molecule has 0 aliphatic rings. The zero-order valence-electron chi connectivity index (χ0n) is 20.7. The third kappa shape index (κ3) is 5.68. The van der Waals surface area contributed by atoms with Crippen molar-refractivity contribution in [2.45, 2.75) is 26.9 Å². The highest BCUT2D eigenvalue weighted by Gasteiger charge is 2.31. The molecule has 0 aliphatic heterocycles. The van der Waals surface area contributed by atoms with Crippen LogP contribution in [0.1, 0.15) is 22.3 Å². The molecular weight excluding hydrogens is 604 g/mol. The van der Waals surface area contributed by atoms with Crippen LogP contribution in [0.4, 0.5) is 30.7 Å². The van der Waals surface area contributed by atoms with E-state index in [4.69, 9.17) is 34.8 Å². The number of aryl methyl sites for hydroxylation is 1. The minimum absolute atomic E-state index is 0.00222. The summed E-state index contributed by atoms with van der Waals surface area (Å²) in [6.07, 6.45) is -4.46. The van der Waals surface area contributed by atoms with Gasteiger partial charge >= 0.3 is 6.18 Å². The molecule has 0 amide bonds. The van der Waals surface area contributed by atoms with Gasteiger partial charge < -0.3 is 0 Å². The summed E-state index contributed by atoms with van der Waals surface area (Å²) in [6.45, 7) is 4.72. The SMILES string of the molecule is Cc1c(Cl)nc2cc(F)cc(F)c2c1Cl.Cc1cc(C(F)(F)F)ccc1-c1nc2cc(F)cc(F)c2c(Cl)c1C. The van der Waals surface area contributed by atoms with Crippen molar-refractivity contribution in [3.63, 3.8) is 0 Å². The van der Waals surface area contributed by atoms with Gasteiger partial charge in [-0.25, -0.2) is 27.5 Å². The van der Waals surface area contributed by atoms with Gasteiger partial charge in [-0.15, -0.1) is 0 Å². The molecule has 2 nitrogen and oxygen atoms in total. The molecule has 0 spiro atoms. The largest absolute Gasteiger partial charge is 0.416 e. The Bertz CT molecular complexity index is 1800. The van der Waals surface area contributed by atoms with Crippen LogP contribution in [0.15, 0.2) is 42.5 Å². The zero-order chi connectivity index (χ0) is 29.7. The second kappa shape index (κ2) is 11.0. The Kier molecular flexibility index (Phi) is 8.23. The number of rotatable bonds is 1. The van der Waals surface area contributed by atoms with Gasteiger partial charge in [0.1, 0.15) is 28.4 Å². The van der Waals surface area contributed by atoms with E-state index in [9.17, 15) is 30.7 Å². The average Bonchev–Trinajstić information content (AvgIpc) is 2.84. The van der Waals surface area contributed by atoms with Crippen LogP contribution in [0.3, 0.4) is 0 Å². The van der Waals surface area contributed by atoms with Gasteiger partial charge in [0.05, 0.1) is 43.1 Å². The molecule has 0 unspecified atom stereocenters. The fourth-order valence-electron chi connectivity index (χ4n) is 4.06. The van der Waals surface area contributed by atoms with Crippen LogP contribution in [0.5, 0.6) is 0 Å². The molecule has 2 heterocycles. The number of halogens is 10. The van der Waals surface area contributed by atoms with Gasteiger partial charge in [0.2, 0.25) is 0 Å². The minimum Gasteiger partial charge on any atom is -0.247 e. The van der Waals surface area contributed by atoms with Crippen LogP contribution < -0.4 is 0 Å². The van der Waals surface area contributed by atoms with E-state index in [2.05, 4.69) is 9.97 Å². The first-order valence-corrected chi connectivity index (χ1v) is 12.5. The van der Waals surface area contributed by atoms with Crippen LogP contribution in [-0.2, 0) is 6.18 Å². The molecule has 12 heteroatoms. The summed E-state index contributed by atoms with van der Waals surface area (Å²) >= 11 is 17.9. The lowest BCUT2D eigenvalue weighted by atomic mass is 9.98. The quantitative estimate of drug-likeness (QED) is 0.138. The molecule has 0 saturated heterocycles. The molecule has 0 fully saturated rings. The second-order valence-corrected chi connectivity index (χ2v) is 9.95. The van der Waals surface area contributed by atoms with Crippen LogP contribution in [0.25, 0.3) is 33.1 Å². The lowest BCUT2D eigenvalue weighted by Gasteiger charge is -2.15. The van der Waals surface area contributed by atoms with Gasteiger partial charge in [0.25, 0.3) is 0 Å². The van der Waals surface area contributed by atoms with Gasteiger partial charge in [0, 0.05) is 35.4 Å². The Morgan fingerprint density at radius 3 is 1.65 bits per heavy atom. The first kappa shape index (κ1) is 29.8. The van der Waals surface area contributed by atoms with E-state index in [1.54, 1.807) is 13.8 Å². The molecule has 0 radical (unpaired) electrons. The highest BCUT2D eigenvalue weighted by molar-refractivity contribution is 6.39. The summed E-state index contributed by atoms with van der Waals surface area (Å²) in [5.74, 6) is -3.09. The molecule has 5 rings (SSSR count). The Balaban J connectivity index is 0.000000210. The van der Waals surface area contributed by atoms with Crippen LogP contribution in [0.2, 0.25) is 15.2 Å². The summed E-state index contributed by atoms with van der Waals surface area (Å²) in [7, 11) is 0. The Hall–Kier alpha value is -3.14. The molecule has 2 aromatic heterocycles. The first-order valence-electron chi connectivity index (χ1n) is 11.3. The number of pyridine rings is 2. The maximum absolute atomic E-state index is 14.0. The molecule has 0 N–H and O–H groups in total. The standard InChI is InChI=1S/C18H11ClF5N.C10H5Cl2F2N/c1-8-5-10(18(22,23)24)3-4-12(8)17-9(2)16(19)15-13(21)6-11(20)7-14(15)25-17;1-4-9(11)8-6(14)2-5(13)3-7(8)15-10(4)12/h3-7H,1-2H3;2-3H,1H3. The maximum Gasteiger partial charge on any atom is 0.416 e. The summed E-state index contributed by atoms with van der Waals surface area (Å²) in [4.78, 5) is 8.09. The molecule has 0 aliphatic carbocycles. The van der Waals surface area contributed by atoms with E-state index in [1.807, 2.05) is 0 Å². The number of aromatic nitrogens is 2. The third-order valence-corrected chi connectivity index (χ3v) is 7.40. The van der Waals surface area contributed by atoms with Gasteiger partial charge in [-0.1, -0.05) is 40.9 Å². The Morgan fingerprint density at radius 2 is 1.15 bits per heavy atom. The second-order valence-electron chi connectivity index (χ2n) is 8.83. The van der Waals surface area contributed by atoms with Crippen molar-refractivity contribution in [1.82, 2.24) is 9.97 Å². The van der Waals surface area contributed by atoms with Gasteiger partial charge in [-0.05, 0) is 44.0 Å².